The number of hydrogen-bond acceptors (Lipinski definition) is 4. The molecule has 0 bridgehead atoms. The van der Waals surface area contributed by atoms with Crippen molar-refractivity contribution < 1.29 is 19.1 Å². The lowest BCUT2D eigenvalue weighted by atomic mass is 9.85. The zero-order chi connectivity index (χ0) is 19.6. The number of nitrogens with zero attached hydrogens (tertiary/aromatic N) is 1. The number of carbonyl (C=O) groups is 3. The van der Waals surface area contributed by atoms with E-state index in [-0.39, 0.29) is 36.2 Å². The van der Waals surface area contributed by atoms with Crippen LogP contribution in [0, 0.1) is 24.7 Å². The van der Waals surface area contributed by atoms with E-state index in [1.165, 1.54) is 4.90 Å². The Morgan fingerprint density at radius 2 is 1.78 bits per heavy atom. The molecule has 2 aliphatic rings. The second kappa shape index (κ2) is 8.07. The van der Waals surface area contributed by atoms with Crippen molar-refractivity contribution in [3.05, 3.63) is 47.5 Å². The van der Waals surface area contributed by atoms with Crippen LogP contribution < -0.4 is 0 Å². The van der Waals surface area contributed by atoms with Crippen LogP contribution in [0.5, 0.6) is 0 Å². The van der Waals surface area contributed by atoms with E-state index in [0.29, 0.717) is 19.3 Å². The fraction of sp³-hybridized carbons (Fsp3) is 0.500. The minimum Gasteiger partial charge on any atom is -0.459 e. The Bertz CT molecular complexity index is 741. The van der Waals surface area contributed by atoms with Crippen LogP contribution in [-0.2, 0) is 25.7 Å². The Kier molecular flexibility index (Phi) is 5.78. The third-order valence-electron chi connectivity index (χ3n) is 5.28. The quantitative estimate of drug-likeness (QED) is 0.438. The predicted molar refractivity (Wildman–Crippen MR) is 101 cm³/mol. The Balaban J connectivity index is 1.76. The molecule has 0 saturated carbocycles. The molecule has 1 aromatic rings. The lowest BCUT2D eigenvalue weighted by Crippen LogP contribution is -2.47. The number of fused-ring (bicyclic) bond motifs is 1. The van der Waals surface area contributed by atoms with Crippen LogP contribution >= 0.6 is 0 Å². The third kappa shape index (κ3) is 4.12. The molecule has 0 unspecified atom stereocenters. The van der Waals surface area contributed by atoms with Crippen LogP contribution in [0.2, 0.25) is 0 Å². The molecule has 3 atom stereocenters. The number of rotatable bonds is 6. The number of benzene rings is 1. The van der Waals surface area contributed by atoms with Gasteiger partial charge in [0.15, 0.2) is 0 Å². The summed E-state index contributed by atoms with van der Waals surface area (Å²) in [6.45, 7) is 6.06. The van der Waals surface area contributed by atoms with Crippen molar-refractivity contribution in [2.75, 3.05) is 0 Å². The van der Waals surface area contributed by atoms with Crippen LogP contribution in [0.25, 0.3) is 0 Å². The van der Waals surface area contributed by atoms with Crippen molar-refractivity contribution in [2.24, 2.45) is 17.8 Å². The molecule has 5 nitrogen and oxygen atoms in total. The maximum Gasteiger partial charge on any atom is 0.329 e. The molecule has 5 heteroatoms. The molecule has 0 radical (unpaired) electrons. The highest BCUT2D eigenvalue weighted by atomic mass is 16.5. The maximum absolute atomic E-state index is 12.9. The summed E-state index contributed by atoms with van der Waals surface area (Å²) in [5, 5.41) is 0. The monoisotopic (exact) mass is 369 g/mol. The van der Waals surface area contributed by atoms with Crippen molar-refractivity contribution in [3.8, 4) is 0 Å². The standard InChI is InChI=1S/C22H27NO4/c1-14(2)11-19(22(26)27-13-16-8-6-7-15(3)12-16)23-20(24)17-9-4-5-10-18(17)21(23)25/h4-8,12,14,17-19H,9-11,13H2,1-3H3/t17-,18-,19-/m0/s1. The predicted octanol–water partition coefficient (Wildman–Crippen LogP) is 3.40. The number of aryl methyl sites for hydroxylation is 1. The molecule has 3 rings (SSSR count). The second-order valence-electron chi connectivity index (χ2n) is 7.94. The van der Waals surface area contributed by atoms with Gasteiger partial charge in [0.2, 0.25) is 11.8 Å². The molecule has 1 aliphatic heterocycles. The first-order valence-corrected chi connectivity index (χ1v) is 9.62. The first-order valence-electron chi connectivity index (χ1n) is 9.62. The zero-order valence-corrected chi connectivity index (χ0v) is 16.2. The molecule has 0 spiro atoms. The molecule has 1 aliphatic carbocycles. The minimum atomic E-state index is -0.847. The van der Waals surface area contributed by atoms with E-state index in [1.807, 2.05) is 57.2 Å². The topological polar surface area (TPSA) is 63.7 Å². The molecular formula is C22H27NO4. The average molecular weight is 369 g/mol. The van der Waals surface area contributed by atoms with E-state index < -0.39 is 12.0 Å². The molecule has 1 heterocycles. The molecule has 0 N–H and O–H groups in total. The second-order valence-corrected chi connectivity index (χ2v) is 7.94. The summed E-state index contributed by atoms with van der Waals surface area (Å²) in [5.41, 5.74) is 1.98. The third-order valence-corrected chi connectivity index (χ3v) is 5.28. The first kappa shape index (κ1) is 19.3. The van der Waals surface area contributed by atoms with E-state index in [4.69, 9.17) is 4.74 Å². The summed E-state index contributed by atoms with van der Waals surface area (Å²) < 4.78 is 5.51. The van der Waals surface area contributed by atoms with E-state index >= 15 is 0 Å². The normalized spacial score (nSPS) is 22.9. The number of imide groups is 1. The number of amides is 2. The summed E-state index contributed by atoms with van der Waals surface area (Å²) in [6.07, 6.45) is 5.45. The molecule has 1 aromatic carbocycles. The lowest BCUT2D eigenvalue weighted by Gasteiger charge is -2.26. The van der Waals surface area contributed by atoms with Gasteiger partial charge in [-0.15, -0.1) is 0 Å². The summed E-state index contributed by atoms with van der Waals surface area (Å²) in [5.74, 6) is -1.47. The van der Waals surface area contributed by atoms with Crippen molar-refractivity contribution in [2.45, 2.75) is 52.7 Å². The summed E-state index contributed by atoms with van der Waals surface area (Å²) in [7, 11) is 0. The average Bonchev–Trinajstić information content (AvgIpc) is 2.89. The van der Waals surface area contributed by atoms with E-state index in [9.17, 15) is 14.4 Å². The van der Waals surface area contributed by atoms with Gasteiger partial charge in [-0.3, -0.25) is 14.5 Å². The molecule has 27 heavy (non-hydrogen) atoms. The first-order chi connectivity index (χ1) is 12.9. The van der Waals surface area contributed by atoms with Crippen LogP contribution in [0.15, 0.2) is 36.4 Å². The highest BCUT2D eigenvalue weighted by Crippen LogP contribution is 2.37. The number of allylic oxidation sites excluding steroid dienone is 2. The Morgan fingerprint density at radius 1 is 1.15 bits per heavy atom. The number of hydrogen-bond donors (Lipinski definition) is 0. The van der Waals surface area contributed by atoms with Crippen LogP contribution in [0.4, 0.5) is 0 Å². The van der Waals surface area contributed by atoms with Gasteiger partial charge in [-0.2, -0.15) is 0 Å². The van der Waals surface area contributed by atoms with Crippen molar-refractivity contribution in [1.29, 1.82) is 0 Å². The van der Waals surface area contributed by atoms with Gasteiger partial charge in [0.1, 0.15) is 12.6 Å². The SMILES string of the molecule is Cc1cccc(COC(=O)[C@H](CC(C)C)N2C(=O)[C@H]3CC=CC[C@@H]3C2=O)c1. The zero-order valence-electron chi connectivity index (χ0n) is 16.2. The minimum absolute atomic E-state index is 0.139. The van der Waals surface area contributed by atoms with E-state index in [2.05, 4.69) is 0 Å². The number of carbonyl (C=O) groups excluding carboxylic acids is 3. The molecule has 144 valence electrons. The summed E-state index contributed by atoms with van der Waals surface area (Å²) >= 11 is 0. The lowest BCUT2D eigenvalue weighted by molar-refractivity contribution is -0.160. The van der Waals surface area contributed by atoms with Gasteiger partial charge in [0, 0.05) is 0 Å². The fourth-order valence-electron chi connectivity index (χ4n) is 3.94. The Morgan fingerprint density at radius 3 is 2.33 bits per heavy atom. The summed E-state index contributed by atoms with van der Waals surface area (Å²) in [6, 6.07) is 6.89. The smallest absolute Gasteiger partial charge is 0.329 e. The van der Waals surface area contributed by atoms with Gasteiger partial charge in [-0.05, 0) is 37.7 Å². The van der Waals surface area contributed by atoms with Gasteiger partial charge < -0.3 is 4.74 Å². The Hall–Kier alpha value is -2.43. The van der Waals surface area contributed by atoms with Crippen LogP contribution in [0.3, 0.4) is 0 Å². The molecule has 1 fully saturated rings. The highest BCUT2D eigenvalue weighted by molar-refractivity contribution is 6.08. The van der Waals surface area contributed by atoms with Crippen LogP contribution in [-0.4, -0.2) is 28.7 Å². The van der Waals surface area contributed by atoms with Gasteiger partial charge in [-0.1, -0.05) is 55.8 Å². The van der Waals surface area contributed by atoms with Gasteiger partial charge >= 0.3 is 5.97 Å². The number of likely N-dealkylation sites (tertiary alicyclic amines) is 1. The van der Waals surface area contributed by atoms with Gasteiger partial charge in [0.05, 0.1) is 11.8 Å². The molecule has 0 aromatic heterocycles. The van der Waals surface area contributed by atoms with Crippen molar-refractivity contribution in [3.63, 3.8) is 0 Å². The maximum atomic E-state index is 12.9. The van der Waals surface area contributed by atoms with Crippen LogP contribution in [0.1, 0.15) is 44.2 Å². The van der Waals surface area contributed by atoms with E-state index in [1.54, 1.807) is 0 Å². The Labute approximate surface area is 160 Å². The van der Waals surface area contributed by atoms with Crippen molar-refractivity contribution >= 4 is 17.8 Å². The number of esters is 1. The molecule has 2 amide bonds. The largest absolute Gasteiger partial charge is 0.459 e. The van der Waals surface area contributed by atoms with Gasteiger partial charge in [0.25, 0.3) is 0 Å². The fourth-order valence-corrected chi connectivity index (χ4v) is 3.94. The molecule has 1 saturated heterocycles. The molecular weight excluding hydrogens is 342 g/mol. The van der Waals surface area contributed by atoms with Crippen molar-refractivity contribution in [1.82, 2.24) is 4.90 Å². The highest BCUT2D eigenvalue weighted by Gasteiger charge is 2.51. The van der Waals surface area contributed by atoms with E-state index in [0.717, 1.165) is 11.1 Å². The summed E-state index contributed by atoms with van der Waals surface area (Å²) in [4.78, 5) is 39.8. The van der Waals surface area contributed by atoms with Gasteiger partial charge in [-0.25, -0.2) is 4.79 Å². The number of ether oxygens (including phenoxy) is 1.